The largest absolute Gasteiger partial charge is 0.369 e. The number of fused-ring (bicyclic) bond motifs is 1. The van der Waals surface area contributed by atoms with E-state index >= 15 is 0 Å². The first-order chi connectivity index (χ1) is 13.5. The van der Waals surface area contributed by atoms with Gasteiger partial charge in [0.25, 0.3) is 0 Å². The van der Waals surface area contributed by atoms with Crippen LogP contribution in [0.2, 0.25) is 5.02 Å². The summed E-state index contributed by atoms with van der Waals surface area (Å²) < 4.78 is 0. The Labute approximate surface area is 170 Å². The molecule has 2 aliphatic heterocycles. The van der Waals surface area contributed by atoms with Crippen LogP contribution in [0.25, 0.3) is 0 Å². The second-order valence-electron chi connectivity index (χ2n) is 8.44. The van der Waals surface area contributed by atoms with Gasteiger partial charge in [-0.3, -0.25) is 14.8 Å². The molecule has 0 aromatic carbocycles. The summed E-state index contributed by atoms with van der Waals surface area (Å²) in [6.07, 6.45) is 7.37. The summed E-state index contributed by atoms with van der Waals surface area (Å²) in [6.45, 7) is 6.87. The number of carbonyl (C=O) groups excluding carboxylic acids is 1. The third-order valence-electron chi connectivity index (χ3n) is 6.45. The van der Waals surface area contributed by atoms with Gasteiger partial charge in [0.2, 0.25) is 5.91 Å². The molecular formula is C22H25ClN4O. The van der Waals surface area contributed by atoms with Gasteiger partial charge in [0.05, 0.1) is 40.8 Å². The first kappa shape index (κ1) is 17.9. The van der Waals surface area contributed by atoms with E-state index in [-0.39, 0.29) is 11.8 Å². The number of pyridine rings is 2. The van der Waals surface area contributed by atoms with Crippen molar-refractivity contribution >= 4 is 23.2 Å². The Bertz CT molecular complexity index is 956. The molecule has 1 aliphatic carbocycles. The lowest BCUT2D eigenvalue weighted by molar-refractivity contribution is -0.135. The summed E-state index contributed by atoms with van der Waals surface area (Å²) in [5.41, 5.74) is 6.54. The highest BCUT2D eigenvalue weighted by atomic mass is 35.5. The van der Waals surface area contributed by atoms with Crippen LogP contribution >= 0.6 is 11.6 Å². The molecule has 1 saturated heterocycles. The molecule has 0 bridgehead atoms. The number of carbonyl (C=O) groups is 1. The van der Waals surface area contributed by atoms with E-state index < -0.39 is 0 Å². The molecule has 0 spiro atoms. The minimum absolute atomic E-state index is 0.0377. The molecule has 2 aromatic heterocycles. The molecule has 2 aromatic rings. The molecule has 1 amide bonds. The van der Waals surface area contributed by atoms with Gasteiger partial charge in [-0.1, -0.05) is 11.6 Å². The van der Waals surface area contributed by atoms with Crippen molar-refractivity contribution in [2.24, 2.45) is 5.92 Å². The number of halogens is 1. The van der Waals surface area contributed by atoms with Crippen molar-refractivity contribution in [2.75, 3.05) is 18.0 Å². The van der Waals surface area contributed by atoms with Crippen LogP contribution in [0.4, 0.5) is 5.69 Å². The fourth-order valence-electron chi connectivity index (χ4n) is 4.58. The van der Waals surface area contributed by atoms with Gasteiger partial charge in [-0.25, -0.2) is 0 Å². The zero-order valence-corrected chi connectivity index (χ0v) is 17.2. The summed E-state index contributed by atoms with van der Waals surface area (Å²) in [5, 5.41) is 0.725. The van der Waals surface area contributed by atoms with E-state index in [9.17, 15) is 4.79 Å². The van der Waals surface area contributed by atoms with E-state index in [0.717, 1.165) is 52.7 Å². The molecule has 0 unspecified atom stereocenters. The Morgan fingerprint density at radius 3 is 2.79 bits per heavy atom. The number of anilines is 1. The van der Waals surface area contributed by atoms with Crippen molar-refractivity contribution in [3.05, 3.63) is 51.6 Å². The van der Waals surface area contributed by atoms with Crippen LogP contribution in [-0.4, -0.2) is 33.9 Å². The molecule has 3 aliphatic rings. The van der Waals surface area contributed by atoms with Crippen LogP contribution < -0.4 is 4.90 Å². The fraction of sp³-hybridized carbons (Fsp3) is 0.500. The summed E-state index contributed by atoms with van der Waals surface area (Å²) in [5.74, 6) is 0.970. The van der Waals surface area contributed by atoms with Crippen molar-refractivity contribution in [3.8, 4) is 0 Å². The standard InChI is InChI=1S/C22H25ClN4O/c1-13-19-11-27(12-20(19)25-14(2)21(13)23)22(28)16-5-6-26(10-16)18-7-17(8-24-9-18)15-3-4-15/h7-9,15-16H,3-6,10-12H2,1-2H3/t16-/m1/s1. The van der Waals surface area contributed by atoms with Crippen LogP contribution in [0.1, 0.15) is 53.3 Å². The second kappa shape index (κ2) is 6.73. The van der Waals surface area contributed by atoms with Gasteiger partial charge < -0.3 is 9.80 Å². The molecule has 5 nitrogen and oxygen atoms in total. The lowest BCUT2D eigenvalue weighted by Crippen LogP contribution is -2.34. The zero-order chi connectivity index (χ0) is 19.4. The summed E-state index contributed by atoms with van der Waals surface area (Å²) in [6, 6.07) is 2.27. The zero-order valence-electron chi connectivity index (χ0n) is 16.4. The first-order valence-corrected chi connectivity index (χ1v) is 10.5. The molecule has 1 saturated carbocycles. The topological polar surface area (TPSA) is 49.3 Å². The predicted octanol–water partition coefficient (Wildman–Crippen LogP) is 3.99. The lowest BCUT2D eigenvalue weighted by Gasteiger charge is -2.22. The minimum atomic E-state index is 0.0377. The maximum absolute atomic E-state index is 13.2. The number of rotatable bonds is 3. The van der Waals surface area contributed by atoms with E-state index in [1.165, 1.54) is 18.4 Å². The maximum Gasteiger partial charge on any atom is 0.228 e. The SMILES string of the molecule is Cc1nc2c(c(C)c1Cl)CN(C(=O)[C@@H]1CCN(c3cncc(C4CC4)c3)C1)C2. The van der Waals surface area contributed by atoms with Crippen LogP contribution in [0.15, 0.2) is 18.5 Å². The molecular weight excluding hydrogens is 372 g/mol. The highest BCUT2D eigenvalue weighted by Gasteiger charge is 2.35. The summed E-state index contributed by atoms with van der Waals surface area (Å²) in [7, 11) is 0. The second-order valence-corrected chi connectivity index (χ2v) is 8.82. The van der Waals surface area contributed by atoms with E-state index in [0.29, 0.717) is 19.0 Å². The highest BCUT2D eigenvalue weighted by Crippen LogP contribution is 2.41. The molecule has 0 N–H and O–H groups in total. The molecule has 146 valence electrons. The average Bonchev–Trinajstić information content (AvgIpc) is 3.28. The lowest BCUT2D eigenvalue weighted by atomic mass is 10.1. The van der Waals surface area contributed by atoms with Crippen molar-refractivity contribution in [3.63, 3.8) is 0 Å². The monoisotopic (exact) mass is 396 g/mol. The number of hydrogen-bond donors (Lipinski definition) is 0. The maximum atomic E-state index is 13.2. The van der Waals surface area contributed by atoms with Crippen LogP contribution in [-0.2, 0) is 17.9 Å². The number of aromatic nitrogens is 2. The highest BCUT2D eigenvalue weighted by molar-refractivity contribution is 6.32. The third-order valence-corrected chi connectivity index (χ3v) is 7.01. The molecule has 28 heavy (non-hydrogen) atoms. The van der Waals surface area contributed by atoms with Gasteiger partial charge in [0.1, 0.15) is 0 Å². The molecule has 2 fully saturated rings. The number of aryl methyl sites for hydroxylation is 1. The summed E-state index contributed by atoms with van der Waals surface area (Å²) in [4.78, 5) is 26.5. The van der Waals surface area contributed by atoms with Crippen LogP contribution in [0.5, 0.6) is 0 Å². The van der Waals surface area contributed by atoms with Crippen molar-refractivity contribution in [2.45, 2.75) is 52.1 Å². The Morgan fingerprint density at radius 2 is 2.00 bits per heavy atom. The van der Waals surface area contributed by atoms with Gasteiger partial charge in [-0.15, -0.1) is 0 Å². The van der Waals surface area contributed by atoms with Crippen LogP contribution in [0.3, 0.4) is 0 Å². The first-order valence-electron chi connectivity index (χ1n) is 10.1. The van der Waals surface area contributed by atoms with Gasteiger partial charge in [0.15, 0.2) is 0 Å². The van der Waals surface area contributed by atoms with Crippen molar-refractivity contribution in [1.82, 2.24) is 14.9 Å². The Hall–Kier alpha value is -2.14. The fourth-order valence-corrected chi connectivity index (χ4v) is 4.73. The molecule has 0 radical (unpaired) electrons. The molecule has 5 rings (SSSR count). The minimum Gasteiger partial charge on any atom is -0.369 e. The van der Waals surface area contributed by atoms with Crippen LogP contribution in [0, 0.1) is 19.8 Å². The quantitative estimate of drug-likeness (QED) is 0.787. The average molecular weight is 397 g/mol. The molecule has 1 atom stereocenters. The van der Waals surface area contributed by atoms with Gasteiger partial charge >= 0.3 is 0 Å². The summed E-state index contributed by atoms with van der Waals surface area (Å²) >= 11 is 6.36. The third kappa shape index (κ3) is 3.06. The number of nitrogens with zero attached hydrogens (tertiary/aromatic N) is 4. The smallest absolute Gasteiger partial charge is 0.228 e. The Kier molecular flexibility index (Phi) is 4.31. The van der Waals surface area contributed by atoms with E-state index in [1.54, 1.807) is 0 Å². The molecule has 4 heterocycles. The van der Waals surface area contributed by atoms with Crippen molar-refractivity contribution < 1.29 is 4.79 Å². The Balaban J connectivity index is 1.28. The predicted molar refractivity (Wildman–Crippen MR) is 110 cm³/mol. The normalized spacial score (nSPS) is 21.3. The van der Waals surface area contributed by atoms with E-state index in [4.69, 9.17) is 11.6 Å². The van der Waals surface area contributed by atoms with Gasteiger partial charge in [-0.05, 0) is 61.8 Å². The Morgan fingerprint density at radius 1 is 1.18 bits per heavy atom. The van der Waals surface area contributed by atoms with Gasteiger partial charge in [-0.2, -0.15) is 0 Å². The van der Waals surface area contributed by atoms with Crippen molar-refractivity contribution in [1.29, 1.82) is 0 Å². The number of amides is 1. The van der Waals surface area contributed by atoms with E-state index in [2.05, 4.69) is 20.9 Å². The number of hydrogen-bond acceptors (Lipinski definition) is 4. The van der Waals surface area contributed by atoms with Gasteiger partial charge in [0, 0.05) is 25.8 Å². The molecule has 6 heteroatoms. The van der Waals surface area contributed by atoms with E-state index in [1.807, 2.05) is 31.1 Å².